The maximum atomic E-state index is 12.8. The van der Waals surface area contributed by atoms with E-state index in [9.17, 15) is 18.5 Å². The Kier molecular flexibility index (Phi) is 5.14. The second kappa shape index (κ2) is 7.34. The van der Waals surface area contributed by atoms with E-state index in [4.69, 9.17) is 0 Å². The van der Waals surface area contributed by atoms with Gasteiger partial charge in [0.1, 0.15) is 0 Å². The van der Waals surface area contributed by atoms with E-state index in [0.717, 1.165) is 13.0 Å². The molecule has 0 spiro atoms. The Morgan fingerprint density at radius 1 is 1.27 bits per heavy atom. The molecule has 0 saturated carbocycles. The molecule has 1 aromatic heterocycles. The minimum atomic E-state index is -3.87. The predicted molar refractivity (Wildman–Crippen MR) is 95.4 cm³/mol. The van der Waals surface area contributed by atoms with Crippen molar-refractivity contribution in [3.63, 3.8) is 0 Å². The first-order valence-electron chi connectivity index (χ1n) is 8.17. The van der Waals surface area contributed by atoms with Gasteiger partial charge in [-0.15, -0.1) is 0 Å². The molecule has 0 radical (unpaired) electrons. The second-order valence-corrected chi connectivity index (χ2v) is 7.80. The molecule has 26 heavy (non-hydrogen) atoms. The molecule has 1 fully saturated rings. The van der Waals surface area contributed by atoms with Crippen molar-refractivity contribution in [1.29, 1.82) is 0 Å². The summed E-state index contributed by atoms with van der Waals surface area (Å²) in [6.45, 7) is 2.63. The van der Waals surface area contributed by atoms with Crippen molar-refractivity contribution in [2.45, 2.75) is 30.7 Å². The number of nitro benzene ring substituents is 1. The Hall–Kier alpha value is -2.59. The van der Waals surface area contributed by atoms with Crippen molar-refractivity contribution in [1.82, 2.24) is 14.7 Å². The molecule has 0 unspecified atom stereocenters. The van der Waals surface area contributed by atoms with Crippen molar-refractivity contribution in [2.24, 2.45) is 0 Å². The minimum absolute atomic E-state index is 0.0696. The highest BCUT2D eigenvalue weighted by Crippen LogP contribution is 2.25. The quantitative estimate of drug-likeness (QED) is 0.621. The number of hydrogen-bond acceptors (Lipinski definition) is 7. The number of hydrogen-bond donors (Lipinski definition) is 1. The molecule has 1 aliphatic heterocycles. The van der Waals surface area contributed by atoms with Gasteiger partial charge in [0.25, 0.3) is 5.69 Å². The van der Waals surface area contributed by atoms with Crippen LogP contribution < -0.4 is 9.62 Å². The standard InChI is InChI=1S/C16H19N5O4S/c1-12-14(21(22)23)6-2-7-15(12)26(24,25)19-13-5-3-10-20(11-13)16-17-8-4-9-18-16/h2,4,6-9,13,19H,3,5,10-11H2,1H3/t13-/m1/s1. The van der Waals surface area contributed by atoms with Crippen molar-refractivity contribution in [2.75, 3.05) is 18.0 Å². The minimum Gasteiger partial charge on any atom is -0.339 e. The van der Waals surface area contributed by atoms with E-state index >= 15 is 0 Å². The van der Waals surface area contributed by atoms with Gasteiger partial charge in [-0.05, 0) is 31.9 Å². The summed E-state index contributed by atoms with van der Waals surface area (Å²) in [5.41, 5.74) is -0.0834. The normalized spacial score (nSPS) is 17.9. The molecular weight excluding hydrogens is 358 g/mol. The summed E-state index contributed by atoms with van der Waals surface area (Å²) in [7, 11) is -3.87. The Morgan fingerprint density at radius 2 is 2.00 bits per heavy atom. The van der Waals surface area contributed by atoms with Gasteiger partial charge in [-0.3, -0.25) is 10.1 Å². The molecule has 1 saturated heterocycles. The fraction of sp³-hybridized carbons (Fsp3) is 0.375. The molecule has 1 aliphatic rings. The molecule has 0 bridgehead atoms. The largest absolute Gasteiger partial charge is 0.339 e. The van der Waals surface area contributed by atoms with Crippen LogP contribution in [-0.2, 0) is 10.0 Å². The number of anilines is 1. The van der Waals surface area contributed by atoms with E-state index in [-0.39, 0.29) is 22.2 Å². The first-order chi connectivity index (χ1) is 12.4. The Bertz CT molecular complexity index is 904. The Labute approximate surface area is 151 Å². The van der Waals surface area contributed by atoms with Crippen LogP contribution in [0.3, 0.4) is 0 Å². The third-order valence-electron chi connectivity index (χ3n) is 4.32. The molecular formula is C16H19N5O4S. The van der Waals surface area contributed by atoms with Gasteiger partial charge >= 0.3 is 0 Å². The van der Waals surface area contributed by atoms with Crippen LogP contribution in [0.5, 0.6) is 0 Å². The fourth-order valence-corrected chi connectivity index (χ4v) is 4.61. The zero-order valence-electron chi connectivity index (χ0n) is 14.2. The van der Waals surface area contributed by atoms with Gasteiger partial charge in [-0.2, -0.15) is 0 Å². The number of piperidine rings is 1. The molecule has 2 heterocycles. The van der Waals surface area contributed by atoms with Crippen molar-refractivity contribution < 1.29 is 13.3 Å². The molecule has 3 rings (SSSR count). The predicted octanol–water partition coefficient (Wildman–Crippen LogP) is 1.64. The lowest BCUT2D eigenvalue weighted by Crippen LogP contribution is -2.48. The number of nitrogens with one attached hydrogen (secondary N) is 1. The molecule has 1 N–H and O–H groups in total. The van der Waals surface area contributed by atoms with Gasteiger partial charge < -0.3 is 4.90 Å². The van der Waals surface area contributed by atoms with Crippen LogP contribution in [0.25, 0.3) is 0 Å². The summed E-state index contributed by atoms with van der Waals surface area (Å²) >= 11 is 0. The number of benzene rings is 1. The lowest BCUT2D eigenvalue weighted by Gasteiger charge is -2.32. The topological polar surface area (TPSA) is 118 Å². The summed E-state index contributed by atoms with van der Waals surface area (Å²) in [5, 5.41) is 11.1. The third-order valence-corrected chi connectivity index (χ3v) is 5.98. The summed E-state index contributed by atoms with van der Waals surface area (Å²) in [6.07, 6.45) is 4.75. The van der Waals surface area contributed by atoms with Gasteiger partial charge in [-0.25, -0.2) is 23.1 Å². The van der Waals surface area contributed by atoms with Gasteiger partial charge in [0, 0.05) is 43.2 Å². The lowest BCUT2D eigenvalue weighted by molar-refractivity contribution is -0.385. The van der Waals surface area contributed by atoms with E-state index < -0.39 is 14.9 Å². The average molecular weight is 377 g/mol. The molecule has 2 aromatic rings. The molecule has 1 aromatic carbocycles. The van der Waals surface area contributed by atoms with Gasteiger partial charge in [0.15, 0.2) is 0 Å². The summed E-state index contributed by atoms with van der Waals surface area (Å²) in [5.74, 6) is 0.558. The van der Waals surface area contributed by atoms with E-state index in [2.05, 4.69) is 14.7 Å². The van der Waals surface area contributed by atoms with Crippen molar-refractivity contribution >= 4 is 21.7 Å². The van der Waals surface area contributed by atoms with E-state index in [0.29, 0.717) is 18.9 Å². The monoisotopic (exact) mass is 377 g/mol. The smallest absolute Gasteiger partial charge is 0.273 e. The molecule has 0 amide bonds. The molecule has 1 atom stereocenters. The van der Waals surface area contributed by atoms with Crippen molar-refractivity contribution in [3.8, 4) is 0 Å². The van der Waals surface area contributed by atoms with Crippen LogP contribution in [0.15, 0.2) is 41.6 Å². The highest BCUT2D eigenvalue weighted by atomic mass is 32.2. The fourth-order valence-electron chi connectivity index (χ4n) is 3.08. The Morgan fingerprint density at radius 3 is 2.69 bits per heavy atom. The van der Waals surface area contributed by atoms with Gasteiger partial charge in [-0.1, -0.05) is 6.07 Å². The van der Waals surface area contributed by atoms with Crippen molar-refractivity contribution in [3.05, 3.63) is 52.3 Å². The van der Waals surface area contributed by atoms with E-state index in [1.807, 2.05) is 4.90 Å². The summed E-state index contributed by atoms with van der Waals surface area (Å²) < 4.78 is 28.2. The average Bonchev–Trinajstić information content (AvgIpc) is 2.62. The highest BCUT2D eigenvalue weighted by Gasteiger charge is 2.29. The number of nitro groups is 1. The molecule has 10 heteroatoms. The molecule has 138 valence electrons. The van der Waals surface area contributed by atoms with E-state index in [1.165, 1.54) is 25.1 Å². The first-order valence-corrected chi connectivity index (χ1v) is 9.65. The van der Waals surface area contributed by atoms with Crippen LogP contribution in [0.4, 0.5) is 11.6 Å². The number of aromatic nitrogens is 2. The van der Waals surface area contributed by atoms with Gasteiger partial charge in [0.2, 0.25) is 16.0 Å². The third kappa shape index (κ3) is 3.81. The van der Waals surface area contributed by atoms with Crippen LogP contribution in [0.2, 0.25) is 0 Å². The van der Waals surface area contributed by atoms with Crippen LogP contribution >= 0.6 is 0 Å². The highest BCUT2D eigenvalue weighted by molar-refractivity contribution is 7.89. The van der Waals surface area contributed by atoms with Crippen LogP contribution in [-0.4, -0.2) is 42.4 Å². The number of rotatable bonds is 5. The zero-order valence-corrected chi connectivity index (χ0v) is 15.0. The van der Waals surface area contributed by atoms with E-state index in [1.54, 1.807) is 18.5 Å². The maximum absolute atomic E-state index is 12.8. The lowest BCUT2D eigenvalue weighted by atomic mass is 10.1. The maximum Gasteiger partial charge on any atom is 0.273 e. The van der Waals surface area contributed by atoms with Gasteiger partial charge in [0.05, 0.1) is 9.82 Å². The first kappa shape index (κ1) is 18.2. The van der Waals surface area contributed by atoms with Crippen LogP contribution in [0.1, 0.15) is 18.4 Å². The SMILES string of the molecule is Cc1c([N+](=O)[O-])cccc1S(=O)(=O)N[C@@H]1CCCN(c2ncccn2)C1. The summed E-state index contributed by atoms with van der Waals surface area (Å²) in [6, 6.07) is 5.45. The Balaban J connectivity index is 1.79. The molecule has 0 aliphatic carbocycles. The summed E-state index contributed by atoms with van der Waals surface area (Å²) in [4.78, 5) is 20.7. The van der Waals surface area contributed by atoms with Crippen LogP contribution in [0, 0.1) is 17.0 Å². The second-order valence-electron chi connectivity index (χ2n) is 6.11. The number of nitrogens with zero attached hydrogens (tertiary/aromatic N) is 4. The molecule has 9 nitrogen and oxygen atoms in total. The number of sulfonamides is 1. The zero-order chi connectivity index (χ0) is 18.7.